The van der Waals surface area contributed by atoms with Crippen LogP contribution in [0.25, 0.3) is 0 Å². The van der Waals surface area contributed by atoms with Crippen LogP contribution >= 0.6 is 0 Å². The minimum Gasteiger partial charge on any atom is -0.399 e. The average Bonchev–Trinajstić information content (AvgIpc) is 2.50. The number of benzene rings is 1. The Labute approximate surface area is 127 Å². The Balaban J connectivity index is 2.14. The van der Waals surface area contributed by atoms with Crippen LogP contribution in [0.1, 0.15) is 31.7 Å². The molecule has 1 heterocycles. The molecule has 5 nitrogen and oxygen atoms in total. The number of sulfonamides is 1. The van der Waals surface area contributed by atoms with Gasteiger partial charge in [-0.25, -0.2) is 8.42 Å². The standard InChI is InChI=1S/C15H24N2O3S/c1-2-9-17(12-13-3-5-14(16)6-4-13)21(18,19)15-7-10-20-11-8-15/h3-6,15H,2,7-12,16H2,1H3. The maximum absolute atomic E-state index is 12.8. The Morgan fingerprint density at radius 2 is 1.86 bits per heavy atom. The second-order valence-electron chi connectivity index (χ2n) is 5.43. The first-order valence-corrected chi connectivity index (χ1v) is 8.95. The van der Waals surface area contributed by atoms with Gasteiger partial charge in [-0.15, -0.1) is 0 Å². The summed E-state index contributed by atoms with van der Waals surface area (Å²) in [7, 11) is -3.27. The van der Waals surface area contributed by atoms with Crippen molar-refractivity contribution in [3.8, 4) is 0 Å². The predicted octanol–water partition coefficient (Wildman–Crippen LogP) is 1.99. The lowest BCUT2D eigenvalue weighted by Crippen LogP contribution is -2.41. The number of nitrogens with two attached hydrogens (primary N) is 1. The number of hydrogen-bond donors (Lipinski definition) is 1. The normalized spacial score (nSPS) is 17.2. The summed E-state index contributed by atoms with van der Waals surface area (Å²) in [6, 6.07) is 7.38. The summed E-state index contributed by atoms with van der Waals surface area (Å²) in [5.74, 6) is 0. The van der Waals surface area contributed by atoms with Crippen LogP contribution in [-0.2, 0) is 21.3 Å². The zero-order chi connectivity index (χ0) is 15.3. The van der Waals surface area contributed by atoms with E-state index in [1.165, 1.54) is 0 Å². The summed E-state index contributed by atoms with van der Waals surface area (Å²) in [6.07, 6.45) is 1.98. The molecule has 2 N–H and O–H groups in total. The van der Waals surface area contributed by atoms with Crippen molar-refractivity contribution in [1.82, 2.24) is 4.31 Å². The summed E-state index contributed by atoms with van der Waals surface area (Å²) in [5, 5.41) is -0.313. The number of nitrogens with zero attached hydrogens (tertiary/aromatic N) is 1. The third-order valence-corrected chi connectivity index (χ3v) is 6.11. The molecule has 0 saturated carbocycles. The number of hydrogen-bond acceptors (Lipinski definition) is 4. The maximum atomic E-state index is 12.8. The topological polar surface area (TPSA) is 72.6 Å². The van der Waals surface area contributed by atoms with Crippen molar-refractivity contribution in [3.05, 3.63) is 29.8 Å². The van der Waals surface area contributed by atoms with Gasteiger partial charge in [0.2, 0.25) is 10.0 Å². The van der Waals surface area contributed by atoms with Gasteiger partial charge in [-0.1, -0.05) is 19.1 Å². The zero-order valence-electron chi connectivity index (χ0n) is 12.5. The van der Waals surface area contributed by atoms with Crippen LogP contribution in [0.2, 0.25) is 0 Å². The van der Waals surface area contributed by atoms with Gasteiger partial charge >= 0.3 is 0 Å². The van der Waals surface area contributed by atoms with Gasteiger partial charge in [-0.3, -0.25) is 0 Å². The molecule has 0 amide bonds. The number of ether oxygens (including phenoxy) is 1. The SMILES string of the molecule is CCCN(Cc1ccc(N)cc1)S(=O)(=O)C1CCOCC1. The van der Waals surface area contributed by atoms with E-state index < -0.39 is 10.0 Å². The predicted molar refractivity (Wildman–Crippen MR) is 84.3 cm³/mol. The highest BCUT2D eigenvalue weighted by molar-refractivity contribution is 7.89. The largest absolute Gasteiger partial charge is 0.399 e. The fourth-order valence-electron chi connectivity index (χ4n) is 2.56. The molecule has 1 aliphatic rings. The van der Waals surface area contributed by atoms with Crippen molar-refractivity contribution >= 4 is 15.7 Å². The highest BCUT2D eigenvalue weighted by Crippen LogP contribution is 2.22. The Hall–Kier alpha value is -1.11. The second-order valence-corrected chi connectivity index (χ2v) is 7.64. The first kappa shape index (κ1) is 16.3. The third kappa shape index (κ3) is 4.18. The molecule has 118 valence electrons. The van der Waals surface area contributed by atoms with E-state index in [0.717, 1.165) is 12.0 Å². The van der Waals surface area contributed by atoms with E-state index in [9.17, 15) is 8.42 Å². The number of nitrogen functional groups attached to an aromatic ring is 1. The van der Waals surface area contributed by atoms with Crippen molar-refractivity contribution in [1.29, 1.82) is 0 Å². The van der Waals surface area contributed by atoms with Crippen molar-refractivity contribution in [2.24, 2.45) is 0 Å². The lowest BCUT2D eigenvalue weighted by molar-refractivity contribution is 0.0971. The third-order valence-electron chi connectivity index (χ3n) is 3.76. The van der Waals surface area contributed by atoms with E-state index in [1.807, 2.05) is 19.1 Å². The van der Waals surface area contributed by atoms with E-state index in [0.29, 0.717) is 44.8 Å². The average molecular weight is 312 g/mol. The quantitative estimate of drug-likeness (QED) is 0.815. The van der Waals surface area contributed by atoms with Crippen molar-refractivity contribution in [3.63, 3.8) is 0 Å². The molecule has 1 fully saturated rings. The molecule has 0 radical (unpaired) electrons. The molecule has 6 heteroatoms. The second kappa shape index (κ2) is 7.24. The van der Waals surface area contributed by atoms with E-state index >= 15 is 0 Å². The lowest BCUT2D eigenvalue weighted by atomic mass is 10.2. The van der Waals surface area contributed by atoms with Crippen molar-refractivity contribution < 1.29 is 13.2 Å². The summed E-state index contributed by atoms with van der Waals surface area (Å²) in [5.41, 5.74) is 7.33. The molecule has 0 atom stereocenters. The highest BCUT2D eigenvalue weighted by Gasteiger charge is 2.32. The minimum absolute atomic E-state index is 0.313. The fourth-order valence-corrected chi connectivity index (χ4v) is 4.53. The van der Waals surface area contributed by atoms with Gasteiger partial charge in [0.1, 0.15) is 0 Å². The molecule has 0 unspecified atom stereocenters. The van der Waals surface area contributed by atoms with Crippen molar-refractivity contribution in [2.75, 3.05) is 25.5 Å². The Bertz CT molecular complexity index is 537. The number of rotatable bonds is 6. The van der Waals surface area contributed by atoms with Gasteiger partial charge in [0, 0.05) is 32.0 Å². The number of anilines is 1. The Morgan fingerprint density at radius 1 is 1.24 bits per heavy atom. The highest BCUT2D eigenvalue weighted by atomic mass is 32.2. The molecule has 2 rings (SSSR count). The van der Waals surface area contributed by atoms with Gasteiger partial charge in [-0.05, 0) is 37.0 Å². The van der Waals surface area contributed by atoms with Gasteiger partial charge in [0.25, 0.3) is 0 Å². The zero-order valence-corrected chi connectivity index (χ0v) is 13.3. The van der Waals surface area contributed by atoms with Gasteiger partial charge in [-0.2, -0.15) is 4.31 Å². The van der Waals surface area contributed by atoms with Crippen LogP contribution in [0.4, 0.5) is 5.69 Å². The van der Waals surface area contributed by atoms with E-state index in [2.05, 4.69) is 0 Å². The molecular formula is C15H24N2O3S. The molecule has 0 aromatic heterocycles. The van der Waals surface area contributed by atoms with Crippen LogP contribution in [0, 0.1) is 0 Å². The molecular weight excluding hydrogens is 288 g/mol. The fraction of sp³-hybridized carbons (Fsp3) is 0.600. The Kier molecular flexibility index (Phi) is 5.61. The van der Waals surface area contributed by atoms with Gasteiger partial charge in [0.05, 0.1) is 5.25 Å². The van der Waals surface area contributed by atoms with E-state index in [1.54, 1.807) is 16.4 Å². The molecule has 1 aliphatic heterocycles. The van der Waals surface area contributed by atoms with Gasteiger partial charge < -0.3 is 10.5 Å². The smallest absolute Gasteiger partial charge is 0.217 e. The van der Waals surface area contributed by atoms with Crippen LogP contribution in [-0.4, -0.2) is 37.7 Å². The molecule has 1 aromatic carbocycles. The molecule has 1 saturated heterocycles. The van der Waals surface area contributed by atoms with E-state index in [4.69, 9.17) is 10.5 Å². The van der Waals surface area contributed by atoms with Crippen LogP contribution < -0.4 is 5.73 Å². The molecule has 0 bridgehead atoms. The summed E-state index contributed by atoms with van der Waals surface area (Å²) >= 11 is 0. The molecule has 1 aromatic rings. The minimum atomic E-state index is -3.27. The van der Waals surface area contributed by atoms with Crippen molar-refractivity contribution in [2.45, 2.75) is 38.0 Å². The van der Waals surface area contributed by atoms with E-state index in [-0.39, 0.29) is 5.25 Å². The van der Waals surface area contributed by atoms with Gasteiger partial charge in [0.15, 0.2) is 0 Å². The first-order chi connectivity index (χ1) is 10.0. The summed E-state index contributed by atoms with van der Waals surface area (Å²) < 4.78 is 32.5. The van der Waals surface area contributed by atoms with Crippen LogP contribution in [0.5, 0.6) is 0 Å². The summed E-state index contributed by atoms with van der Waals surface area (Å²) in [4.78, 5) is 0. The lowest BCUT2D eigenvalue weighted by Gasteiger charge is -2.29. The maximum Gasteiger partial charge on any atom is 0.217 e. The summed E-state index contributed by atoms with van der Waals surface area (Å²) in [6.45, 7) is 4.02. The molecule has 0 spiro atoms. The molecule has 0 aliphatic carbocycles. The Morgan fingerprint density at radius 3 is 2.43 bits per heavy atom. The van der Waals surface area contributed by atoms with Crippen LogP contribution in [0.15, 0.2) is 24.3 Å². The first-order valence-electron chi connectivity index (χ1n) is 7.45. The monoisotopic (exact) mass is 312 g/mol. The van der Waals surface area contributed by atoms with Crippen LogP contribution in [0.3, 0.4) is 0 Å². The molecule has 21 heavy (non-hydrogen) atoms.